The van der Waals surface area contributed by atoms with Crippen LogP contribution in [0, 0.1) is 5.92 Å². The minimum absolute atomic E-state index is 0.00818. The van der Waals surface area contributed by atoms with Crippen LogP contribution in [0.15, 0.2) is 36.4 Å². The molecule has 1 fully saturated rings. The van der Waals surface area contributed by atoms with Gasteiger partial charge in [-0.05, 0) is 49.1 Å². The Morgan fingerprint density at radius 3 is 2.42 bits per heavy atom. The van der Waals surface area contributed by atoms with Gasteiger partial charge < -0.3 is 45.1 Å². The van der Waals surface area contributed by atoms with Gasteiger partial charge in [0.1, 0.15) is 30.2 Å². The van der Waals surface area contributed by atoms with Gasteiger partial charge >= 0.3 is 6.09 Å². The lowest BCUT2D eigenvalue weighted by atomic mass is 10.0. The van der Waals surface area contributed by atoms with Crippen LogP contribution in [-0.4, -0.2) is 87.2 Å². The lowest BCUT2D eigenvalue weighted by Gasteiger charge is -2.27. The van der Waals surface area contributed by atoms with Crippen molar-refractivity contribution >= 4 is 29.7 Å². The van der Waals surface area contributed by atoms with E-state index < -0.39 is 35.9 Å². The normalized spacial score (nSPS) is 20.0. The van der Waals surface area contributed by atoms with E-state index in [-0.39, 0.29) is 43.8 Å². The summed E-state index contributed by atoms with van der Waals surface area (Å²) in [6, 6.07) is 8.12. The molecule has 0 radical (unpaired) electrons. The highest BCUT2D eigenvalue weighted by Gasteiger charge is 2.34. The van der Waals surface area contributed by atoms with E-state index in [1.807, 2.05) is 0 Å². The Balaban J connectivity index is 1.65. The fourth-order valence-electron chi connectivity index (χ4n) is 4.97. The molecule has 4 N–H and O–H groups in total. The molecule has 0 spiro atoms. The molecule has 2 aliphatic rings. The fourth-order valence-corrected chi connectivity index (χ4v) is 4.97. The molecule has 1 saturated heterocycles. The molecule has 2 atom stereocenters. The van der Waals surface area contributed by atoms with Crippen LogP contribution in [0.4, 0.5) is 4.79 Å². The first-order chi connectivity index (χ1) is 21.6. The van der Waals surface area contributed by atoms with E-state index in [9.17, 15) is 24.0 Å². The zero-order valence-corrected chi connectivity index (χ0v) is 25.8. The van der Waals surface area contributed by atoms with Gasteiger partial charge in [-0.15, -0.1) is 0 Å². The molecule has 14 nitrogen and oxygen atoms in total. The number of hydrogen-bond acceptors (Lipinski definition) is 9. The molecule has 0 aliphatic carbocycles. The molecule has 2 heterocycles. The van der Waals surface area contributed by atoms with E-state index in [2.05, 4.69) is 21.3 Å². The number of alkyl carbamates (subject to hydrolysis) is 1. The van der Waals surface area contributed by atoms with Crippen LogP contribution in [-0.2, 0) is 25.7 Å². The lowest BCUT2D eigenvalue weighted by molar-refractivity contribution is -0.138. The van der Waals surface area contributed by atoms with Gasteiger partial charge in [0.25, 0.3) is 5.91 Å². The quantitative estimate of drug-likeness (QED) is 0.395. The number of nitrogens with zero attached hydrogens (tertiary/aromatic N) is 1. The van der Waals surface area contributed by atoms with Crippen LogP contribution >= 0.6 is 0 Å². The highest BCUT2D eigenvalue weighted by atomic mass is 16.6. The van der Waals surface area contributed by atoms with Crippen LogP contribution in [0.5, 0.6) is 23.0 Å². The zero-order chi connectivity index (χ0) is 32.5. The molecule has 2 aliphatic heterocycles. The minimum Gasteiger partial charge on any atom is -0.496 e. The number of benzene rings is 2. The molecule has 2 aromatic rings. The Morgan fingerprint density at radius 2 is 1.73 bits per heavy atom. The summed E-state index contributed by atoms with van der Waals surface area (Å²) in [5.74, 6) is -0.621. The molecule has 5 amide bonds. The first kappa shape index (κ1) is 32.9. The molecule has 0 saturated carbocycles. The van der Waals surface area contributed by atoms with Crippen molar-refractivity contribution in [2.75, 3.05) is 40.5 Å². The van der Waals surface area contributed by atoms with Crippen molar-refractivity contribution in [1.29, 1.82) is 0 Å². The second-order valence-electron chi connectivity index (χ2n) is 10.9. The molecule has 45 heavy (non-hydrogen) atoms. The van der Waals surface area contributed by atoms with E-state index in [1.54, 1.807) is 50.2 Å². The molecule has 0 aromatic heterocycles. The topological polar surface area (TPSA) is 174 Å². The predicted molar refractivity (Wildman–Crippen MR) is 161 cm³/mol. The van der Waals surface area contributed by atoms with Crippen molar-refractivity contribution < 1.29 is 42.9 Å². The average molecular weight is 626 g/mol. The minimum atomic E-state index is -0.929. The highest BCUT2D eigenvalue weighted by molar-refractivity contribution is 5.95. The Hall–Kier alpha value is -5.01. The third-order valence-electron chi connectivity index (χ3n) is 7.42. The number of amides is 5. The summed E-state index contributed by atoms with van der Waals surface area (Å²) in [7, 11) is 2.98. The largest absolute Gasteiger partial charge is 0.496 e. The fraction of sp³-hybridized carbons (Fsp3) is 0.452. The van der Waals surface area contributed by atoms with Crippen molar-refractivity contribution in [2.45, 2.75) is 45.3 Å². The van der Waals surface area contributed by atoms with Crippen molar-refractivity contribution in [3.05, 3.63) is 47.5 Å². The van der Waals surface area contributed by atoms with E-state index in [0.717, 1.165) is 0 Å². The zero-order valence-electron chi connectivity index (χ0n) is 25.8. The van der Waals surface area contributed by atoms with Gasteiger partial charge in [0.05, 0.1) is 32.9 Å². The molecule has 0 unspecified atom stereocenters. The van der Waals surface area contributed by atoms with Crippen molar-refractivity contribution in [1.82, 2.24) is 26.2 Å². The maximum absolute atomic E-state index is 13.4. The SMILES string of the molecule is COc1ccc2cc1Oc1cccc(OC)c1CNC(=O)[C@@H](C(C)C)NC(=O)CN(C(=O)[C@@H]1COC(=O)N1)CCCCNC2=O. The smallest absolute Gasteiger partial charge is 0.407 e. The van der Waals surface area contributed by atoms with Gasteiger partial charge in [0, 0.05) is 18.7 Å². The third-order valence-corrected chi connectivity index (χ3v) is 7.42. The number of fused-ring (bicyclic) bond motifs is 3. The predicted octanol–water partition coefficient (Wildman–Crippen LogP) is 1.71. The summed E-state index contributed by atoms with van der Waals surface area (Å²) in [5, 5.41) is 10.9. The second kappa shape index (κ2) is 15.1. The first-order valence-corrected chi connectivity index (χ1v) is 14.7. The van der Waals surface area contributed by atoms with Gasteiger partial charge in [-0.25, -0.2) is 4.79 Å². The third kappa shape index (κ3) is 8.34. The Kier molecular flexibility index (Phi) is 11.1. The second-order valence-corrected chi connectivity index (χ2v) is 10.9. The number of hydrogen-bond donors (Lipinski definition) is 4. The summed E-state index contributed by atoms with van der Waals surface area (Å²) >= 11 is 0. The number of rotatable bonds is 4. The molecule has 242 valence electrons. The van der Waals surface area contributed by atoms with Crippen molar-refractivity contribution in [2.24, 2.45) is 5.92 Å². The van der Waals surface area contributed by atoms with Crippen molar-refractivity contribution in [3.8, 4) is 23.0 Å². The van der Waals surface area contributed by atoms with Gasteiger partial charge in [0.2, 0.25) is 17.7 Å². The van der Waals surface area contributed by atoms with E-state index in [4.69, 9.17) is 18.9 Å². The Labute approximate surface area is 261 Å². The van der Waals surface area contributed by atoms with Crippen molar-refractivity contribution in [3.63, 3.8) is 0 Å². The molecule has 2 bridgehead atoms. The number of carbonyl (C=O) groups excluding carboxylic acids is 5. The molecule has 2 aromatic carbocycles. The van der Waals surface area contributed by atoms with Crippen LogP contribution in [0.1, 0.15) is 42.6 Å². The monoisotopic (exact) mass is 625 g/mol. The Morgan fingerprint density at radius 1 is 0.956 bits per heavy atom. The van der Waals surface area contributed by atoms with E-state index in [1.165, 1.54) is 19.1 Å². The van der Waals surface area contributed by atoms with E-state index >= 15 is 0 Å². The van der Waals surface area contributed by atoms with Gasteiger partial charge in [-0.3, -0.25) is 19.2 Å². The molecule has 14 heteroatoms. The summed E-state index contributed by atoms with van der Waals surface area (Å²) < 4.78 is 22.1. The molecular formula is C31H39N5O9. The van der Waals surface area contributed by atoms with Gasteiger partial charge in [0.15, 0.2) is 11.5 Å². The number of cyclic esters (lactones) is 1. The maximum Gasteiger partial charge on any atom is 0.407 e. The summed E-state index contributed by atoms with van der Waals surface area (Å²) in [6.07, 6.45) is 0.231. The van der Waals surface area contributed by atoms with Crippen LogP contribution in [0.25, 0.3) is 0 Å². The summed E-state index contributed by atoms with van der Waals surface area (Å²) in [5.41, 5.74) is 0.856. The summed E-state index contributed by atoms with van der Waals surface area (Å²) in [6.45, 7) is 3.56. The highest BCUT2D eigenvalue weighted by Crippen LogP contribution is 2.37. The number of methoxy groups -OCH3 is 2. The first-order valence-electron chi connectivity index (χ1n) is 14.7. The van der Waals surface area contributed by atoms with Crippen LogP contribution in [0.3, 0.4) is 0 Å². The Bertz CT molecular complexity index is 1430. The molecule has 4 rings (SSSR count). The van der Waals surface area contributed by atoms with Gasteiger partial charge in [-0.2, -0.15) is 0 Å². The van der Waals surface area contributed by atoms with Gasteiger partial charge in [-0.1, -0.05) is 19.9 Å². The number of nitrogens with one attached hydrogen (secondary N) is 4. The van der Waals surface area contributed by atoms with Crippen LogP contribution < -0.4 is 35.5 Å². The average Bonchev–Trinajstić information content (AvgIpc) is 3.46. The number of ether oxygens (including phenoxy) is 4. The summed E-state index contributed by atoms with van der Waals surface area (Å²) in [4.78, 5) is 65.7. The van der Waals surface area contributed by atoms with Crippen LogP contribution in [0.2, 0.25) is 0 Å². The van der Waals surface area contributed by atoms with E-state index in [0.29, 0.717) is 47.8 Å². The lowest BCUT2D eigenvalue weighted by Crippen LogP contribution is -2.54. The maximum atomic E-state index is 13.4. The number of carbonyl (C=O) groups is 5. The molecular weight excluding hydrogens is 586 g/mol. The standard InChI is InChI=1S/C31H39N5O9/c1-18(2)27-29(39)33-15-20-22(42-3)8-7-9-23(20)45-25-14-19(10-11-24(25)43-4)28(38)32-12-5-6-13-36(16-26(37)35-27)30(40)21-17-44-31(41)34-21/h7-11,14,18,21,27H,5-6,12-13,15-17H2,1-4H3,(H,32,38)(H,33,39)(H,34,41)(H,35,37)/t21-,27+/m0/s1.